The van der Waals surface area contributed by atoms with Crippen molar-refractivity contribution in [1.82, 2.24) is 5.32 Å². The first-order valence-electron chi connectivity index (χ1n) is 25.9. The lowest BCUT2D eigenvalue weighted by molar-refractivity contribution is -0.150. The predicted molar refractivity (Wildman–Crippen MR) is 282 cm³/mol. The minimum absolute atomic E-state index is 0.0399. The lowest BCUT2D eigenvalue weighted by Crippen LogP contribution is -2.46. The molecule has 0 aromatic heterocycles. The van der Waals surface area contributed by atoms with Crippen molar-refractivity contribution < 1.29 is 24.5 Å². The SMILES string of the molecule is CC/C=C\C/C=C\C/C=C\C/C=C\C/C=C\C/C=C\CCC(=O)OC(C/C=C\C/C=C\C/C=C\C/C=C\C/C=C\CC)CC(=O)NC(CO)C(O)CCCCCCCCCCCCCC. The first-order valence-corrected chi connectivity index (χ1v) is 25.9. The fourth-order valence-corrected chi connectivity index (χ4v) is 6.89. The van der Waals surface area contributed by atoms with Crippen LogP contribution in [0.2, 0.25) is 0 Å². The van der Waals surface area contributed by atoms with Gasteiger partial charge in [0.05, 0.1) is 25.2 Å². The van der Waals surface area contributed by atoms with Crippen LogP contribution in [0.25, 0.3) is 0 Å². The summed E-state index contributed by atoms with van der Waals surface area (Å²) in [6.07, 6.45) is 72.5. The first-order chi connectivity index (χ1) is 32.0. The molecule has 3 N–H and O–H groups in total. The number of carbonyl (C=O) groups is 2. The maximum absolute atomic E-state index is 13.2. The van der Waals surface area contributed by atoms with E-state index < -0.39 is 18.2 Å². The molecule has 0 heterocycles. The molecular weight excluding hydrogens is 803 g/mol. The van der Waals surface area contributed by atoms with Gasteiger partial charge in [-0.05, 0) is 83.5 Å². The number of unbranched alkanes of at least 4 members (excludes halogenated alkanes) is 11. The second kappa shape index (κ2) is 51.0. The van der Waals surface area contributed by atoms with Crippen molar-refractivity contribution in [2.75, 3.05) is 6.61 Å². The fourth-order valence-electron chi connectivity index (χ4n) is 6.89. The van der Waals surface area contributed by atoms with Crippen LogP contribution in [0.15, 0.2) is 134 Å². The summed E-state index contributed by atoms with van der Waals surface area (Å²) in [6, 6.07) is -0.756. The molecule has 0 radical (unpaired) electrons. The normalized spacial score (nSPS) is 14.4. The van der Waals surface area contributed by atoms with Gasteiger partial charge in [-0.2, -0.15) is 0 Å². The average Bonchev–Trinajstić information content (AvgIpc) is 3.30. The maximum Gasteiger partial charge on any atom is 0.306 e. The third-order valence-electron chi connectivity index (χ3n) is 10.7. The van der Waals surface area contributed by atoms with Gasteiger partial charge >= 0.3 is 5.97 Å². The number of nitrogens with one attached hydrogen (secondary N) is 1. The van der Waals surface area contributed by atoms with Crippen molar-refractivity contribution in [2.45, 2.75) is 219 Å². The van der Waals surface area contributed by atoms with E-state index in [1.807, 2.05) is 18.2 Å². The Morgan fingerprint density at radius 1 is 0.477 bits per heavy atom. The van der Waals surface area contributed by atoms with Crippen LogP contribution in [0.3, 0.4) is 0 Å². The van der Waals surface area contributed by atoms with Crippen LogP contribution >= 0.6 is 0 Å². The largest absolute Gasteiger partial charge is 0.461 e. The highest BCUT2D eigenvalue weighted by Crippen LogP contribution is 2.15. The predicted octanol–water partition coefficient (Wildman–Crippen LogP) is 15.8. The molecule has 0 aliphatic carbocycles. The molecule has 0 fully saturated rings. The monoisotopic (exact) mass is 898 g/mol. The number of rotatable bonds is 44. The number of amides is 1. The highest BCUT2D eigenvalue weighted by molar-refractivity contribution is 5.77. The number of aliphatic hydroxyl groups is 2. The molecule has 366 valence electrons. The molecule has 6 nitrogen and oxygen atoms in total. The smallest absolute Gasteiger partial charge is 0.306 e. The van der Waals surface area contributed by atoms with Gasteiger partial charge in [-0.15, -0.1) is 0 Å². The molecular formula is C59H95NO5. The third kappa shape index (κ3) is 46.3. The lowest BCUT2D eigenvalue weighted by atomic mass is 10.0. The van der Waals surface area contributed by atoms with Crippen LogP contribution < -0.4 is 5.32 Å². The molecule has 0 saturated heterocycles. The van der Waals surface area contributed by atoms with E-state index in [4.69, 9.17) is 4.74 Å². The molecule has 0 bridgehead atoms. The molecule has 3 atom stereocenters. The zero-order valence-corrected chi connectivity index (χ0v) is 41.6. The molecule has 0 aromatic rings. The number of carbonyl (C=O) groups excluding carboxylic acids is 2. The summed E-state index contributed by atoms with van der Waals surface area (Å²) in [5, 5.41) is 23.7. The number of ether oxygens (including phenoxy) is 1. The quantitative estimate of drug-likeness (QED) is 0.0322. The van der Waals surface area contributed by atoms with Gasteiger partial charge in [0.1, 0.15) is 6.10 Å². The van der Waals surface area contributed by atoms with E-state index in [2.05, 4.69) is 142 Å². The van der Waals surface area contributed by atoms with E-state index in [-0.39, 0.29) is 31.3 Å². The minimum atomic E-state index is -0.833. The highest BCUT2D eigenvalue weighted by Gasteiger charge is 2.23. The van der Waals surface area contributed by atoms with Gasteiger partial charge in [0.2, 0.25) is 5.91 Å². The molecule has 0 aromatic carbocycles. The fraction of sp³-hybridized carbons (Fsp3) is 0.593. The molecule has 6 heteroatoms. The molecule has 65 heavy (non-hydrogen) atoms. The summed E-state index contributed by atoms with van der Waals surface area (Å²) >= 11 is 0. The molecule has 0 rings (SSSR count). The Balaban J connectivity index is 4.87. The Morgan fingerprint density at radius 3 is 1.22 bits per heavy atom. The van der Waals surface area contributed by atoms with Crippen LogP contribution in [0, 0.1) is 0 Å². The zero-order chi connectivity index (χ0) is 47.4. The molecule has 0 aliphatic heterocycles. The summed E-state index contributed by atoms with van der Waals surface area (Å²) < 4.78 is 5.82. The van der Waals surface area contributed by atoms with Crippen LogP contribution in [0.1, 0.15) is 201 Å². The second-order valence-electron chi connectivity index (χ2n) is 16.8. The van der Waals surface area contributed by atoms with Gasteiger partial charge in [-0.3, -0.25) is 9.59 Å². The van der Waals surface area contributed by atoms with Gasteiger partial charge in [0, 0.05) is 12.8 Å². The number of esters is 1. The third-order valence-corrected chi connectivity index (χ3v) is 10.7. The molecule has 0 spiro atoms. The van der Waals surface area contributed by atoms with E-state index in [9.17, 15) is 19.8 Å². The average molecular weight is 898 g/mol. The topological polar surface area (TPSA) is 95.9 Å². The molecule has 0 saturated carbocycles. The summed E-state index contributed by atoms with van der Waals surface area (Å²) in [4.78, 5) is 26.1. The Labute approximate surface area is 399 Å². The van der Waals surface area contributed by atoms with Gasteiger partial charge in [-0.25, -0.2) is 0 Å². The first kappa shape index (κ1) is 61.0. The second-order valence-corrected chi connectivity index (χ2v) is 16.8. The Kier molecular flexibility index (Phi) is 47.9. The zero-order valence-electron chi connectivity index (χ0n) is 41.6. The summed E-state index contributed by atoms with van der Waals surface area (Å²) in [5.41, 5.74) is 0. The maximum atomic E-state index is 13.2. The van der Waals surface area contributed by atoms with E-state index in [1.165, 1.54) is 57.8 Å². The van der Waals surface area contributed by atoms with E-state index in [0.717, 1.165) is 89.9 Å². The Bertz CT molecular complexity index is 1420. The molecule has 0 aliphatic rings. The summed E-state index contributed by atoms with van der Waals surface area (Å²) in [7, 11) is 0. The van der Waals surface area contributed by atoms with Crippen LogP contribution in [0.5, 0.6) is 0 Å². The van der Waals surface area contributed by atoms with Gasteiger partial charge in [0.15, 0.2) is 0 Å². The van der Waals surface area contributed by atoms with Crippen LogP contribution in [-0.4, -0.2) is 46.9 Å². The van der Waals surface area contributed by atoms with Gasteiger partial charge < -0.3 is 20.3 Å². The van der Waals surface area contributed by atoms with Crippen molar-refractivity contribution in [2.24, 2.45) is 0 Å². The van der Waals surface area contributed by atoms with E-state index >= 15 is 0 Å². The standard InChI is InChI=1S/C59H95NO5/c1-4-7-10-13-16-19-22-25-27-28-29-30-32-34-37-40-43-46-49-52-59(64)65-55(50-47-44-41-38-35-33-31-26-23-20-17-14-11-8-5-2)53-58(63)60-56(54-61)57(62)51-48-45-42-39-36-24-21-18-15-12-9-6-3/h7-8,10-11,16-17,19-20,25-27,29-31,34-35,37-38,43-44,46-47,55-57,61-62H,4-6,9,12-15,18,21-24,28,32-33,36,39-42,45,48-54H2,1-3H3,(H,60,63)/b10-7-,11-8-,19-16-,20-17-,27-25-,30-29-,31-26-,37-34-,38-35-,46-43-,47-44-. The molecule has 1 amide bonds. The Morgan fingerprint density at radius 2 is 0.831 bits per heavy atom. The number of hydrogen-bond acceptors (Lipinski definition) is 5. The number of allylic oxidation sites excluding steroid dienone is 21. The van der Waals surface area contributed by atoms with Crippen molar-refractivity contribution in [1.29, 1.82) is 0 Å². The molecule has 3 unspecified atom stereocenters. The summed E-state index contributed by atoms with van der Waals surface area (Å²) in [5.74, 6) is -0.694. The lowest BCUT2D eigenvalue weighted by Gasteiger charge is -2.24. The minimum Gasteiger partial charge on any atom is -0.461 e. The van der Waals surface area contributed by atoms with Crippen LogP contribution in [0.4, 0.5) is 0 Å². The number of hydrogen-bond donors (Lipinski definition) is 3. The highest BCUT2D eigenvalue weighted by atomic mass is 16.5. The van der Waals surface area contributed by atoms with Gasteiger partial charge in [-0.1, -0.05) is 231 Å². The van der Waals surface area contributed by atoms with E-state index in [0.29, 0.717) is 19.3 Å². The number of aliphatic hydroxyl groups excluding tert-OH is 2. The van der Waals surface area contributed by atoms with Gasteiger partial charge in [0.25, 0.3) is 0 Å². The van der Waals surface area contributed by atoms with E-state index in [1.54, 1.807) is 0 Å². The van der Waals surface area contributed by atoms with Crippen LogP contribution in [-0.2, 0) is 14.3 Å². The Hall–Kier alpha value is -4.00. The summed E-state index contributed by atoms with van der Waals surface area (Å²) in [6.45, 7) is 6.19. The van der Waals surface area contributed by atoms with Crippen molar-refractivity contribution in [3.05, 3.63) is 134 Å². The van der Waals surface area contributed by atoms with Crippen molar-refractivity contribution in [3.8, 4) is 0 Å². The van der Waals surface area contributed by atoms with Crippen molar-refractivity contribution >= 4 is 11.9 Å². The van der Waals surface area contributed by atoms with Crippen molar-refractivity contribution in [3.63, 3.8) is 0 Å².